The van der Waals surface area contributed by atoms with E-state index in [-0.39, 0.29) is 18.1 Å². The van der Waals surface area contributed by atoms with E-state index in [1.165, 1.54) is 0 Å². The lowest BCUT2D eigenvalue weighted by Gasteiger charge is -2.18. The van der Waals surface area contributed by atoms with E-state index in [0.717, 1.165) is 6.42 Å². The predicted octanol–water partition coefficient (Wildman–Crippen LogP) is 0.830. The Morgan fingerprint density at radius 3 is 2.64 bits per heavy atom. The summed E-state index contributed by atoms with van der Waals surface area (Å²) in [7, 11) is 0. The molecule has 2 fully saturated rings. The van der Waals surface area contributed by atoms with Crippen molar-refractivity contribution in [3.8, 4) is 0 Å². The lowest BCUT2D eigenvalue weighted by molar-refractivity contribution is -0.149. The monoisotopic (exact) mass is 154 g/mol. The largest absolute Gasteiger partial charge is 0.481 e. The third kappa shape index (κ3) is 0.737. The molecule has 2 rings (SSSR count). The van der Waals surface area contributed by atoms with Crippen molar-refractivity contribution in [2.24, 2.45) is 11.3 Å². The summed E-state index contributed by atoms with van der Waals surface area (Å²) in [5.41, 5.74) is -0.651. The number of aliphatic carboxylic acids is 1. The van der Waals surface area contributed by atoms with E-state index in [9.17, 15) is 9.59 Å². The first-order valence-corrected chi connectivity index (χ1v) is 3.90. The van der Waals surface area contributed by atoms with E-state index in [1.807, 2.05) is 0 Å². The minimum atomic E-state index is -0.772. The van der Waals surface area contributed by atoms with E-state index >= 15 is 0 Å². The molecule has 2 atom stereocenters. The van der Waals surface area contributed by atoms with Gasteiger partial charge in [-0.2, -0.15) is 0 Å². The molecule has 0 aromatic rings. The van der Waals surface area contributed by atoms with Crippen LogP contribution in [-0.2, 0) is 9.59 Å². The molecule has 0 radical (unpaired) electrons. The normalized spacial score (nSPS) is 41.5. The Morgan fingerprint density at radius 2 is 2.36 bits per heavy atom. The average molecular weight is 154 g/mol. The van der Waals surface area contributed by atoms with Crippen LogP contribution in [0.5, 0.6) is 0 Å². The predicted molar refractivity (Wildman–Crippen MR) is 37.0 cm³/mol. The zero-order valence-electron chi connectivity index (χ0n) is 6.17. The summed E-state index contributed by atoms with van der Waals surface area (Å²) in [6.45, 7) is 0. The van der Waals surface area contributed by atoms with E-state index in [2.05, 4.69) is 0 Å². The summed E-state index contributed by atoms with van der Waals surface area (Å²) in [5, 5.41) is 8.86. The average Bonchev–Trinajstić information content (AvgIpc) is 2.44. The fraction of sp³-hybridized carbons (Fsp3) is 0.750. The quantitative estimate of drug-likeness (QED) is 0.608. The van der Waals surface area contributed by atoms with Crippen LogP contribution in [0.15, 0.2) is 0 Å². The molecule has 0 amide bonds. The van der Waals surface area contributed by atoms with Gasteiger partial charge in [-0.05, 0) is 19.3 Å². The summed E-state index contributed by atoms with van der Waals surface area (Å²) >= 11 is 0. The van der Waals surface area contributed by atoms with Crippen LogP contribution in [0.3, 0.4) is 0 Å². The van der Waals surface area contributed by atoms with E-state index in [1.54, 1.807) is 0 Å². The lowest BCUT2D eigenvalue weighted by Crippen LogP contribution is -2.27. The topological polar surface area (TPSA) is 54.4 Å². The van der Waals surface area contributed by atoms with Gasteiger partial charge < -0.3 is 5.11 Å². The Morgan fingerprint density at radius 1 is 1.64 bits per heavy atom. The molecule has 2 saturated carbocycles. The molecule has 3 heteroatoms. The Kier molecular flexibility index (Phi) is 1.14. The van der Waals surface area contributed by atoms with Crippen LogP contribution < -0.4 is 0 Å². The number of carbonyl (C=O) groups excluding carboxylic acids is 1. The minimum absolute atomic E-state index is 0.0751. The fourth-order valence-corrected chi connectivity index (χ4v) is 2.31. The molecular formula is C8H10O3. The third-order valence-electron chi connectivity index (χ3n) is 3.03. The Balaban J connectivity index is 2.30. The molecule has 2 bridgehead atoms. The molecule has 3 nitrogen and oxygen atoms in total. The van der Waals surface area contributed by atoms with Gasteiger partial charge >= 0.3 is 5.97 Å². The molecule has 60 valence electrons. The van der Waals surface area contributed by atoms with Crippen LogP contribution in [0.2, 0.25) is 0 Å². The molecule has 0 aromatic heterocycles. The standard InChI is InChI=1S/C8H10O3/c9-6-4-8(7(10)11)2-1-5(6)3-8/h5H,1-4H2,(H,10,11). The van der Waals surface area contributed by atoms with Crippen LogP contribution in [0.4, 0.5) is 0 Å². The molecule has 0 aliphatic heterocycles. The van der Waals surface area contributed by atoms with Gasteiger partial charge in [-0.3, -0.25) is 9.59 Å². The number of Topliss-reactive ketones (excluding diaryl/α,β-unsaturated/α-hetero) is 1. The number of fused-ring (bicyclic) bond motifs is 2. The zero-order chi connectivity index (χ0) is 8.06. The van der Waals surface area contributed by atoms with Gasteiger partial charge in [0, 0.05) is 12.3 Å². The number of carbonyl (C=O) groups is 2. The lowest BCUT2D eigenvalue weighted by atomic mass is 9.84. The second kappa shape index (κ2) is 1.84. The first-order valence-electron chi connectivity index (χ1n) is 3.90. The molecule has 0 aromatic carbocycles. The minimum Gasteiger partial charge on any atom is -0.481 e. The Labute approximate surface area is 64.4 Å². The van der Waals surface area contributed by atoms with E-state index in [4.69, 9.17) is 5.11 Å². The molecule has 2 aliphatic carbocycles. The van der Waals surface area contributed by atoms with E-state index in [0.29, 0.717) is 12.8 Å². The SMILES string of the molecule is O=C1CC2(C(=O)O)CCC1C2. The van der Waals surface area contributed by atoms with Crippen LogP contribution in [0.1, 0.15) is 25.7 Å². The fourth-order valence-electron chi connectivity index (χ4n) is 2.31. The van der Waals surface area contributed by atoms with Crippen molar-refractivity contribution >= 4 is 11.8 Å². The maximum absolute atomic E-state index is 11.1. The van der Waals surface area contributed by atoms with Crippen molar-refractivity contribution in [1.29, 1.82) is 0 Å². The number of hydrogen-bond acceptors (Lipinski definition) is 2. The molecule has 2 unspecified atom stereocenters. The molecule has 11 heavy (non-hydrogen) atoms. The molecule has 0 heterocycles. The Bertz CT molecular complexity index is 233. The first kappa shape index (κ1) is 6.83. The van der Waals surface area contributed by atoms with Crippen LogP contribution >= 0.6 is 0 Å². The smallest absolute Gasteiger partial charge is 0.310 e. The first-order chi connectivity index (χ1) is 5.14. The van der Waals surface area contributed by atoms with Gasteiger partial charge in [-0.25, -0.2) is 0 Å². The van der Waals surface area contributed by atoms with Gasteiger partial charge in [-0.1, -0.05) is 0 Å². The zero-order valence-corrected chi connectivity index (χ0v) is 6.17. The van der Waals surface area contributed by atoms with Crippen molar-refractivity contribution in [3.63, 3.8) is 0 Å². The number of hydrogen-bond donors (Lipinski definition) is 1. The highest BCUT2D eigenvalue weighted by Crippen LogP contribution is 2.52. The highest BCUT2D eigenvalue weighted by molar-refractivity contribution is 5.93. The molecule has 2 aliphatic rings. The van der Waals surface area contributed by atoms with Crippen LogP contribution in [-0.4, -0.2) is 16.9 Å². The van der Waals surface area contributed by atoms with Crippen molar-refractivity contribution in [1.82, 2.24) is 0 Å². The highest BCUT2D eigenvalue weighted by Gasteiger charge is 2.54. The van der Waals surface area contributed by atoms with Crippen molar-refractivity contribution in [2.45, 2.75) is 25.7 Å². The molecular weight excluding hydrogens is 144 g/mol. The molecule has 1 N–H and O–H groups in total. The van der Waals surface area contributed by atoms with E-state index < -0.39 is 11.4 Å². The summed E-state index contributed by atoms with van der Waals surface area (Å²) in [6.07, 6.45) is 2.39. The second-order valence-electron chi connectivity index (χ2n) is 3.67. The maximum atomic E-state index is 11.1. The van der Waals surface area contributed by atoms with Gasteiger partial charge in [0.25, 0.3) is 0 Å². The van der Waals surface area contributed by atoms with Crippen molar-refractivity contribution < 1.29 is 14.7 Å². The summed E-state index contributed by atoms with van der Waals surface area (Å²) < 4.78 is 0. The maximum Gasteiger partial charge on any atom is 0.310 e. The van der Waals surface area contributed by atoms with Crippen molar-refractivity contribution in [2.75, 3.05) is 0 Å². The number of carboxylic acids is 1. The third-order valence-corrected chi connectivity index (χ3v) is 3.03. The molecule has 0 saturated heterocycles. The number of rotatable bonds is 1. The van der Waals surface area contributed by atoms with Crippen LogP contribution in [0.25, 0.3) is 0 Å². The summed E-state index contributed by atoms with van der Waals surface area (Å²) in [5.74, 6) is -0.532. The van der Waals surface area contributed by atoms with Gasteiger partial charge in [0.15, 0.2) is 0 Å². The number of ketones is 1. The van der Waals surface area contributed by atoms with Gasteiger partial charge in [0.1, 0.15) is 5.78 Å². The highest BCUT2D eigenvalue weighted by atomic mass is 16.4. The summed E-state index contributed by atoms with van der Waals surface area (Å²) in [4.78, 5) is 21.9. The Hall–Kier alpha value is -0.860. The summed E-state index contributed by atoms with van der Waals surface area (Å²) in [6, 6.07) is 0. The van der Waals surface area contributed by atoms with Crippen LogP contribution in [0, 0.1) is 11.3 Å². The van der Waals surface area contributed by atoms with Gasteiger partial charge in [0.05, 0.1) is 5.41 Å². The van der Waals surface area contributed by atoms with Gasteiger partial charge in [0.2, 0.25) is 0 Å². The number of carboxylic acid groups (broad SMARTS) is 1. The van der Waals surface area contributed by atoms with Crippen molar-refractivity contribution in [3.05, 3.63) is 0 Å². The van der Waals surface area contributed by atoms with Gasteiger partial charge in [-0.15, -0.1) is 0 Å². The molecule has 0 spiro atoms. The second-order valence-corrected chi connectivity index (χ2v) is 3.67.